The molecule has 2 rings (SSSR count). The number of hydrogen-bond acceptors (Lipinski definition) is 2. The van der Waals surface area contributed by atoms with Crippen molar-refractivity contribution in [3.63, 3.8) is 0 Å². The third kappa shape index (κ3) is 1.96. The third-order valence-corrected chi connectivity index (χ3v) is 3.24. The highest BCUT2D eigenvalue weighted by Crippen LogP contribution is 2.59. The van der Waals surface area contributed by atoms with Gasteiger partial charge in [0.15, 0.2) is 0 Å². The van der Waals surface area contributed by atoms with Crippen LogP contribution in [0, 0.1) is 11.8 Å². The summed E-state index contributed by atoms with van der Waals surface area (Å²) in [6.45, 7) is 1.11. The first-order chi connectivity index (χ1) is 7.43. The van der Waals surface area contributed by atoms with Gasteiger partial charge in [0.25, 0.3) is 5.92 Å². The molecule has 90 valence electrons. The fraction of sp³-hybridized carbons (Fsp3) is 0.727. The van der Waals surface area contributed by atoms with Gasteiger partial charge in [0.2, 0.25) is 5.91 Å². The molecule has 2 aliphatic rings. The second-order valence-corrected chi connectivity index (χ2v) is 4.80. The maximum atomic E-state index is 12.9. The summed E-state index contributed by atoms with van der Waals surface area (Å²) in [5.74, 6) is -3.83. The fourth-order valence-corrected chi connectivity index (χ4v) is 2.16. The molecule has 1 saturated carbocycles. The third-order valence-electron chi connectivity index (χ3n) is 3.24. The Bertz CT molecular complexity index is 314. The molecule has 0 aromatic heterocycles. The molecule has 3 nitrogen and oxygen atoms in total. The van der Waals surface area contributed by atoms with E-state index in [0.29, 0.717) is 6.54 Å². The van der Waals surface area contributed by atoms with Crippen molar-refractivity contribution in [3.8, 4) is 0 Å². The van der Waals surface area contributed by atoms with Crippen molar-refractivity contribution in [2.75, 3.05) is 33.7 Å². The zero-order chi connectivity index (χ0) is 11.9. The van der Waals surface area contributed by atoms with Gasteiger partial charge in [-0.2, -0.15) is 0 Å². The van der Waals surface area contributed by atoms with Crippen LogP contribution in [0.4, 0.5) is 8.78 Å². The lowest BCUT2D eigenvalue weighted by molar-refractivity contribution is -0.126. The number of carbonyl (C=O) groups is 1. The van der Waals surface area contributed by atoms with Gasteiger partial charge >= 0.3 is 0 Å². The van der Waals surface area contributed by atoms with E-state index in [-0.39, 0.29) is 19.0 Å². The van der Waals surface area contributed by atoms with E-state index in [2.05, 4.69) is 0 Å². The van der Waals surface area contributed by atoms with Crippen molar-refractivity contribution in [2.45, 2.75) is 5.92 Å². The van der Waals surface area contributed by atoms with Crippen molar-refractivity contribution >= 4 is 5.91 Å². The largest absolute Gasteiger partial charge is 0.338 e. The first-order valence-corrected chi connectivity index (χ1v) is 5.41. The number of nitrogens with zero attached hydrogens (tertiary/aromatic N) is 2. The van der Waals surface area contributed by atoms with E-state index in [1.807, 2.05) is 19.0 Å². The van der Waals surface area contributed by atoms with Crippen molar-refractivity contribution in [2.24, 2.45) is 11.8 Å². The monoisotopic (exact) mass is 230 g/mol. The minimum atomic E-state index is -2.51. The highest BCUT2D eigenvalue weighted by atomic mass is 19.3. The number of carbonyl (C=O) groups excluding carboxylic acids is 1. The lowest BCUT2D eigenvalue weighted by Gasteiger charge is -2.17. The van der Waals surface area contributed by atoms with Crippen molar-refractivity contribution < 1.29 is 13.6 Å². The minimum absolute atomic E-state index is 0.148. The fourth-order valence-electron chi connectivity index (χ4n) is 2.16. The molecule has 0 radical (unpaired) electrons. The predicted octanol–water partition coefficient (Wildman–Crippen LogP) is 0.828. The number of alkyl halides is 2. The van der Waals surface area contributed by atoms with Crippen molar-refractivity contribution in [1.82, 2.24) is 9.80 Å². The molecule has 0 spiro atoms. The molecule has 0 aromatic carbocycles. The average molecular weight is 230 g/mol. The predicted molar refractivity (Wildman–Crippen MR) is 56.2 cm³/mol. The van der Waals surface area contributed by atoms with E-state index in [1.165, 1.54) is 11.0 Å². The van der Waals surface area contributed by atoms with Crippen LogP contribution in [0.1, 0.15) is 0 Å². The molecular weight excluding hydrogens is 214 g/mol. The normalized spacial score (nSPS) is 31.2. The number of amides is 1. The number of likely N-dealkylation sites (N-methyl/N-ethyl adjacent to an activating group) is 1. The average Bonchev–Trinajstić information content (AvgIpc) is 2.62. The van der Waals surface area contributed by atoms with Crippen LogP contribution in [0.25, 0.3) is 0 Å². The molecule has 0 bridgehead atoms. The van der Waals surface area contributed by atoms with Gasteiger partial charge in [-0.1, -0.05) is 6.08 Å². The summed E-state index contributed by atoms with van der Waals surface area (Å²) in [7, 11) is 3.81. The Kier molecular flexibility index (Phi) is 2.74. The van der Waals surface area contributed by atoms with E-state index >= 15 is 0 Å². The number of halogens is 2. The molecule has 1 aliphatic carbocycles. The highest BCUT2D eigenvalue weighted by molar-refractivity contribution is 5.88. The molecule has 2 fully saturated rings. The van der Waals surface area contributed by atoms with Gasteiger partial charge in [-0.25, -0.2) is 8.78 Å². The Morgan fingerprint density at radius 3 is 2.50 bits per heavy atom. The Labute approximate surface area is 93.7 Å². The SMILES string of the molecule is CN(C)C/C=C/C(=O)N1CC2C(C1)C2(F)F. The van der Waals surface area contributed by atoms with Gasteiger partial charge in [0.05, 0.1) is 11.8 Å². The maximum Gasteiger partial charge on any atom is 0.258 e. The van der Waals surface area contributed by atoms with Crippen molar-refractivity contribution in [1.29, 1.82) is 0 Å². The summed E-state index contributed by atoms with van der Waals surface area (Å²) in [5.41, 5.74) is 0. The lowest BCUT2D eigenvalue weighted by Crippen LogP contribution is -2.32. The number of likely N-dealkylation sites (tertiary alicyclic amines) is 1. The van der Waals surface area contributed by atoms with Gasteiger partial charge < -0.3 is 9.80 Å². The lowest BCUT2D eigenvalue weighted by atomic mass is 10.3. The van der Waals surface area contributed by atoms with Crippen molar-refractivity contribution in [3.05, 3.63) is 12.2 Å². The molecule has 1 aliphatic heterocycles. The van der Waals surface area contributed by atoms with E-state index in [9.17, 15) is 13.6 Å². The first kappa shape index (κ1) is 11.5. The zero-order valence-corrected chi connectivity index (χ0v) is 9.49. The standard InChI is InChI=1S/C11H16F2N2O/c1-14(2)5-3-4-10(16)15-6-8-9(7-15)11(8,12)13/h3-4,8-9H,5-7H2,1-2H3/b4-3+. The van der Waals surface area contributed by atoms with Crippen LogP contribution < -0.4 is 0 Å². The molecule has 0 aromatic rings. The molecule has 2 unspecified atom stereocenters. The van der Waals surface area contributed by atoms with Crippen LogP contribution >= 0.6 is 0 Å². The summed E-state index contributed by atoms with van der Waals surface area (Å²) in [6.07, 6.45) is 3.23. The van der Waals surface area contributed by atoms with Gasteiger partial charge in [0.1, 0.15) is 0 Å². The number of rotatable bonds is 3. The summed E-state index contributed by atoms with van der Waals surface area (Å²) < 4.78 is 25.7. The molecule has 2 atom stereocenters. The number of piperidine rings is 1. The van der Waals surface area contributed by atoms with Gasteiger partial charge in [-0.15, -0.1) is 0 Å². The van der Waals surface area contributed by atoms with Gasteiger partial charge in [-0.3, -0.25) is 4.79 Å². The van der Waals surface area contributed by atoms with Crippen LogP contribution in [0.5, 0.6) is 0 Å². The summed E-state index contributed by atoms with van der Waals surface area (Å²) in [4.78, 5) is 15.0. The van der Waals surface area contributed by atoms with E-state index in [0.717, 1.165) is 0 Å². The minimum Gasteiger partial charge on any atom is -0.338 e. The van der Waals surface area contributed by atoms with Gasteiger partial charge in [-0.05, 0) is 14.1 Å². The first-order valence-electron chi connectivity index (χ1n) is 5.41. The van der Waals surface area contributed by atoms with E-state index in [4.69, 9.17) is 0 Å². The van der Waals surface area contributed by atoms with E-state index in [1.54, 1.807) is 6.08 Å². The molecule has 5 heteroatoms. The number of hydrogen-bond donors (Lipinski definition) is 0. The summed E-state index contributed by atoms with van der Waals surface area (Å²) in [5, 5.41) is 0. The van der Waals surface area contributed by atoms with E-state index < -0.39 is 17.8 Å². The van der Waals surface area contributed by atoms with Crippen LogP contribution in [0.15, 0.2) is 12.2 Å². The molecule has 1 saturated heterocycles. The van der Waals surface area contributed by atoms with Crippen LogP contribution in [0.2, 0.25) is 0 Å². The topological polar surface area (TPSA) is 23.6 Å². The van der Waals surface area contributed by atoms with Crippen LogP contribution in [-0.2, 0) is 4.79 Å². The highest BCUT2D eigenvalue weighted by Gasteiger charge is 2.72. The van der Waals surface area contributed by atoms with Crippen LogP contribution in [-0.4, -0.2) is 55.4 Å². The second-order valence-electron chi connectivity index (χ2n) is 4.80. The Hall–Kier alpha value is -0.970. The number of fused-ring (bicyclic) bond motifs is 1. The molecule has 1 heterocycles. The maximum absolute atomic E-state index is 12.9. The second kappa shape index (κ2) is 3.80. The molecular formula is C11H16F2N2O. The van der Waals surface area contributed by atoms with Gasteiger partial charge in [0, 0.05) is 25.7 Å². The summed E-state index contributed by atoms with van der Waals surface area (Å²) >= 11 is 0. The molecule has 1 amide bonds. The Balaban J connectivity index is 1.79. The smallest absolute Gasteiger partial charge is 0.258 e. The van der Waals surface area contributed by atoms with Crippen LogP contribution in [0.3, 0.4) is 0 Å². The quantitative estimate of drug-likeness (QED) is 0.670. The Morgan fingerprint density at radius 1 is 1.44 bits per heavy atom. The molecule has 0 N–H and O–H groups in total. The zero-order valence-electron chi connectivity index (χ0n) is 9.49. The molecule has 16 heavy (non-hydrogen) atoms. The Morgan fingerprint density at radius 2 is 2.00 bits per heavy atom. The summed E-state index contributed by atoms with van der Waals surface area (Å²) in [6, 6.07) is 0.